The second kappa shape index (κ2) is 6.47. The largest absolute Gasteiger partial charge is 0.456 e. The van der Waals surface area contributed by atoms with Crippen LogP contribution in [0.25, 0.3) is 55.0 Å². The Morgan fingerprint density at radius 2 is 1.47 bits per heavy atom. The van der Waals surface area contributed by atoms with E-state index in [1.807, 2.05) is 26.0 Å². The second-order valence-corrected chi connectivity index (χ2v) is 9.82. The maximum absolute atomic E-state index is 10.5. The van der Waals surface area contributed by atoms with E-state index >= 15 is 0 Å². The summed E-state index contributed by atoms with van der Waals surface area (Å²) in [5.41, 5.74) is 6.18. The predicted octanol–water partition coefficient (Wildman–Crippen LogP) is 5.93. The van der Waals surface area contributed by atoms with Gasteiger partial charge >= 0.3 is 7.48 Å². The number of hydrogen-bond acceptors (Lipinski definition) is 3. The molecule has 6 rings (SSSR count). The van der Waals surface area contributed by atoms with Crippen molar-refractivity contribution in [3.05, 3.63) is 66.7 Å². The van der Waals surface area contributed by atoms with Gasteiger partial charge in [0.05, 0.1) is 11.2 Å². The first-order chi connectivity index (χ1) is 15.3. The van der Waals surface area contributed by atoms with Crippen molar-refractivity contribution in [1.82, 2.24) is 0 Å². The van der Waals surface area contributed by atoms with Crippen LogP contribution in [0.4, 0.5) is 0 Å². The highest BCUT2D eigenvalue weighted by atomic mass is 16.5. The number of para-hydroxylation sites is 1. The fourth-order valence-electron chi connectivity index (χ4n) is 4.82. The highest BCUT2D eigenvalue weighted by Gasteiger charge is 2.36. The minimum absolute atomic E-state index is 0.424. The number of furan rings is 1. The maximum atomic E-state index is 10.5. The molecular weight excluding hydrogens is 395 g/mol. The zero-order valence-corrected chi connectivity index (χ0v) is 18.8. The molecular formula is C28H25BO3. The summed E-state index contributed by atoms with van der Waals surface area (Å²) >= 11 is 0. The monoisotopic (exact) mass is 420 g/mol. The lowest BCUT2D eigenvalue weighted by Crippen LogP contribution is -2.49. The molecule has 1 N–H and O–H groups in total. The first kappa shape index (κ1) is 19.6. The number of benzene rings is 4. The number of rotatable bonds is 4. The molecule has 0 amide bonds. The van der Waals surface area contributed by atoms with Gasteiger partial charge in [0.25, 0.3) is 0 Å². The summed E-state index contributed by atoms with van der Waals surface area (Å²) in [4.78, 5) is 0. The average Bonchev–Trinajstić information content (AvgIpc) is 3.29. The third-order valence-corrected chi connectivity index (χ3v) is 7.27. The van der Waals surface area contributed by atoms with Crippen LogP contribution in [0.2, 0.25) is 0 Å². The van der Waals surface area contributed by atoms with E-state index in [9.17, 15) is 5.11 Å². The van der Waals surface area contributed by atoms with Crippen LogP contribution < -0.4 is 5.46 Å². The van der Waals surface area contributed by atoms with E-state index in [-0.39, 0.29) is 0 Å². The summed E-state index contributed by atoms with van der Waals surface area (Å²) in [6.45, 7) is 7.45. The topological polar surface area (TPSA) is 42.6 Å². The van der Waals surface area contributed by atoms with Gasteiger partial charge in [0.2, 0.25) is 0 Å². The summed E-state index contributed by atoms with van der Waals surface area (Å²) in [7, 11) is 0.424. The van der Waals surface area contributed by atoms with Crippen molar-refractivity contribution >= 4 is 45.7 Å². The van der Waals surface area contributed by atoms with Crippen molar-refractivity contribution in [3.63, 3.8) is 0 Å². The normalized spacial score (nSPS) is 13.3. The van der Waals surface area contributed by atoms with Crippen LogP contribution >= 0.6 is 0 Å². The van der Waals surface area contributed by atoms with Gasteiger partial charge in [-0.05, 0) is 78.3 Å². The lowest BCUT2D eigenvalue weighted by molar-refractivity contribution is -0.0893. The molecule has 0 aliphatic heterocycles. The van der Waals surface area contributed by atoms with Crippen molar-refractivity contribution in [3.8, 4) is 22.3 Å². The van der Waals surface area contributed by atoms with Crippen LogP contribution in [0.5, 0.6) is 0 Å². The minimum atomic E-state index is -0.950. The first-order valence-electron chi connectivity index (χ1n) is 11.1. The Labute approximate surface area is 187 Å². The third-order valence-electron chi connectivity index (χ3n) is 7.27. The lowest BCUT2D eigenvalue weighted by atomic mass is 9.78. The SMILES string of the molecule is CC(C)(O)C(C)(C)OBc1cccc2c1-c1cc3oc4ccccc4c3c3cccc-2c13. The molecule has 4 heteroatoms. The Bertz CT molecular complexity index is 1540. The van der Waals surface area contributed by atoms with Gasteiger partial charge in [0.15, 0.2) is 0 Å². The Kier molecular flexibility index (Phi) is 3.96. The molecule has 0 spiro atoms. The van der Waals surface area contributed by atoms with Gasteiger partial charge in [-0.1, -0.05) is 54.6 Å². The standard InChI is InChI=1S/C28H25BO3/c1-27(2,30)28(3,4)32-29-21-13-8-11-17-16-10-7-12-19-24(16)20(25(17)21)15-23-26(19)18-9-5-6-14-22(18)31-23/h5-15,29-30H,1-4H3. The van der Waals surface area contributed by atoms with Gasteiger partial charge in [0, 0.05) is 10.8 Å². The third kappa shape index (κ3) is 2.63. The first-order valence-corrected chi connectivity index (χ1v) is 11.1. The molecule has 1 aliphatic rings. The van der Waals surface area contributed by atoms with Crippen LogP contribution in [-0.2, 0) is 4.65 Å². The van der Waals surface area contributed by atoms with E-state index < -0.39 is 11.2 Å². The minimum Gasteiger partial charge on any atom is -0.456 e. The van der Waals surface area contributed by atoms with E-state index in [0.717, 1.165) is 22.0 Å². The van der Waals surface area contributed by atoms with Crippen molar-refractivity contribution in [2.45, 2.75) is 38.9 Å². The number of hydrogen-bond donors (Lipinski definition) is 1. The van der Waals surface area contributed by atoms with Crippen molar-refractivity contribution in [2.75, 3.05) is 0 Å². The second-order valence-electron chi connectivity index (χ2n) is 9.82. The van der Waals surface area contributed by atoms with Gasteiger partial charge in [0.1, 0.15) is 11.2 Å². The quantitative estimate of drug-likeness (QED) is 0.360. The number of aliphatic hydroxyl groups is 1. The molecule has 0 saturated heterocycles. The predicted molar refractivity (Wildman–Crippen MR) is 134 cm³/mol. The van der Waals surface area contributed by atoms with Crippen LogP contribution in [0, 0.1) is 0 Å². The summed E-state index contributed by atoms with van der Waals surface area (Å²) in [6, 6.07) is 23.4. The molecule has 0 bridgehead atoms. The Morgan fingerprint density at radius 3 is 2.28 bits per heavy atom. The van der Waals surface area contributed by atoms with Crippen LogP contribution in [0.15, 0.2) is 71.1 Å². The fourth-order valence-corrected chi connectivity index (χ4v) is 4.82. The zero-order chi connectivity index (χ0) is 22.3. The van der Waals surface area contributed by atoms with Crippen molar-refractivity contribution < 1.29 is 14.2 Å². The van der Waals surface area contributed by atoms with Gasteiger partial charge in [-0.2, -0.15) is 0 Å². The highest BCUT2D eigenvalue weighted by Crippen LogP contribution is 2.50. The molecule has 1 heterocycles. The van der Waals surface area contributed by atoms with E-state index in [4.69, 9.17) is 9.07 Å². The molecule has 1 aliphatic carbocycles. The smallest absolute Gasteiger partial charge is 0.310 e. The Hall–Kier alpha value is -3.08. The van der Waals surface area contributed by atoms with Crippen LogP contribution in [0.3, 0.4) is 0 Å². The van der Waals surface area contributed by atoms with Crippen LogP contribution in [0.1, 0.15) is 27.7 Å². The van der Waals surface area contributed by atoms with E-state index in [2.05, 4.69) is 54.6 Å². The molecule has 0 unspecified atom stereocenters. The average molecular weight is 420 g/mol. The van der Waals surface area contributed by atoms with E-state index in [1.165, 1.54) is 38.4 Å². The lowest BCUT2D eigenvalue weighted by Gasteiger charge is -2.37. The zero-order valence-electron chi connectivity index (χ0n) is 18.8. The molecule has 0 atom stereocenters. The molecule has 5 aromatic rings. The molecule has 4 aromatic carbocycles. The molecule has 0 saturated carbocycles. The van der Waals surface area contributed by atoms with Gasteiger partial charge in [-0.15, -0.1) is 0 Å². The van der Waals surface area contributed by atoms with Gasteiger partial charge in [-0.3, -0.25) is 0 Å². The molecule has 1 aromatic heterocycles. The number of fused-ring (bicyclic) bond motifs is 7. The molecule has 158 valence electrons. The fraction of sp³-hybridized carbons (Fsp3) is 0.214. The summed E-state index contributed by atoms with van der Waals surface area (Å²) in [6.07, 6.45) is 0. The maximum Gasteiger partial charge on any atom is 0.310 e. The molecule has 32 heavy (non-hydrogen) atoms. The summed E-state index contributed by atoms with van der Waals surface area (Å²) in [5.74, 6) is 0. The summed E-state index contributed by atoms with van der Waals surface area (Å²) < 4.78 is 12.5. The summed E-state index contributed by atoms with van der Waals surface area (Å²) in [5, 5.41) is 15.4. The van der Waals surface area contributed by atoms with Crippen molar-refractivity contribution in [1.29, 1.82) is 0 Å². The van der Waals surface area contributed by atoms with Gasteiger partial charge < -0.3 is 14.2 Å². The molecule has 3 nitrogen and oxygen atoms in total. The van der Waals surface area contributed by atoms with E-state index in [1.54, 1.807) is 13.8 Å². The van der Waals surface area contributed by atoms with Crippen molar-refractivity contribution in [2.24, 2.45) is 0 Å². The van der Waals surface area contributed by atoms with Gasteiger partial charge in [-0.25, -0.2) is 0 Å². The Balaban J connectivity index is 1.59. The highest BCUT2D eigenvalue weighted by molar-refractivity contribution is 6.51. The Morgan fingerprint density at radius 1 is 0.750 bits per heavy atom. The molecule has 0 fully saturated rings. The van der Waals surface area contributed by atoms with Crippen LogP contribution in [-0.4, -0.2) is 23.8 Å². The molecule has 0 radical (unpaired) electrons. The van der Waals surface area contributed by atoms with E-state index in [0.29, 0.717) is 7.48 Å².